The number of unbranched alkanes of at least 4 members (excludes halogenated alkanes) is 2. The minimum Gasteiger partial charge on any atom is -0.379 e. The first kappa shape index (κ1) is 35.3. The summed E-state index contributed by atoms with van der Waals surface area (Å²) < 4.78 is 21.8. The van der Waals surface area contributed by atoms with Crippen molar-refractivity contribution in [2.45, 2.75) is 120 Å². The first-order valence-electron chi connectivity index (χ1n) is 12.8. The minimum atomic E-state index is -0.315. The maximum absolute atomic E-state index is 11.7. The van der Waals surface area contributed by atoms with Crippen molar-refractivity contribution in [3.05, 3.63) is 0 Å². The van der Waals surface area contributed by atoms with Crippen LogP contribution in [0.3, 0.4) is 0 Å². The van der Waals surface area contributed by atoms with Gasteiger partial charge in [-0.05, 0) is 54.4 Å². The summed E-state index contributed by atoms with van der Waals surface area (Å²) in [6.45, 7) is 27.0. The van der Waals surface area contributed by atoms with Crippen LogP contribution in [0.4, 0.5) is 0 Å². The summed E-state index contributed by atoms with van der Waals surface area (Å²) in [7, 11) is 0. The average Bonchev–Trinajstić information content (AvgIpc) is 2.63. The molecule has 6 heteroatoms. The smallest absolute Gasteiger partial charge is 0.163 e. The SMILES string of the molecule is CC(C)(C)OCCOCC(=O)C(C)(C)C.CC(C)(C)OCCOCCCCCC(=O)C(C)(C)C. The van der Waals surface area contributed by atoms with Gasteiger partial charge in [0.2, 0.25) is 0 Å². The summed E-state index contributed by atoms with van der Waals surface area (Å²) in [5.41, 5.74) is -0.736. The van der Waals surface area contributed by atoms with Crippen LogP contribution in [0.25, 0.3) is 0 Å². The van der Waals surface area contributed by atoms with Gasteiger partial charge in [-0.3, -0.25) is 9.59 Å². The number of hydrogen-bond acceptors (Lipinski definition) is 6. The van der Waals surface area contributed by atoms with Crippen molar-refractivity contribution < 1.29 is 28.5 Å². The van der Waals surface area contributed by atoms with Crippen LogP contribution in [0.2, 0.25) is 0 Å². The maximum atomic E-state index is 11.7. The van der Waals surface area contributed by atoms with Crippen molar-refractivity contribution in [3.63, 3.8) is 0 Å². The van der Waals surface area contributed by atoms with E-state index in [1.165, 1.54) is 0 Å². The van der Waals surface area contributed by atoms with E-state index in [0.717, 1.165) is 25.9 Å². The molecule has 0 aliphatic heterocycles. The van der Waals surface area contributed by atoms with Gasteiger partial charge in [0.15, 0.2) is 5.78 Å². The maximum Gasteiger partial charge on any atom is 0.163 e. The third-order valence-electron chi connectivity index (χ3n) is 4.62. The molecule has 0 aliphatic rings. The van der Waals surface area contributed by atoms with E-state index in [2.05, 4.69) is 0 Å². The Labute approximate surface area is 210 Å². The molecule has 34 heavy (non-hydrogen) atoms. The van der Waals surface area contributed by atoms with E-state index in [-0.39, 0.29) is 34.4 Å². The fraction of sp³-hybridized carbons (Fsp3) is 0.929. The van der Waals surface area contributed by atoms with Crippen LogP contribution in [0.5, 0.6) is 0 Å². The Hall–Kier alpha value is -0.820. The normalized spacial score (nSPS) is 12.8. The second kappa shape index (κ2) is 16.8. The van der Waals surface area contributed by atoms with Gasteiger partial charge in [0.1, 0.15) is 12.4 Å². The molecule has 0 aliphatic carbocycles. The van der Waals surface area contributed by atoms with Crippen molar-refractivity contribution in [2.24, 2.45) is 10.8 Å². The zero-order valence-electron chi connectivity index (χ0n) is 24.5. The van der Waals surface area contributed by atoms with Gasteiger partial charge in [-0.2, -0.15) is 0 Å². The summed E-state index contributed by atoms with van der Waals surface area (Å²) in [6, 6.07) is 0. The van der Waals surface area contributed by atoms with E-state index < -0.39 is 0 Å². The van der Waals surface area contributed by atoms with Crippen LogP contribution >= 0.6 is 0 Å². The molecule has 0 N–H and O–H groups in total. The van der Waals surface area contributed by atoms with Gasteiger partial charge in [0.05, 0.1) is 37.6 Å². The van der Waals surface area contributed by atoms with E-state index in [1.54, 1.807) is 0 Å². The lowest BCUT2D eigenvalue weighted by atomic mass is 9.88. The fourth-order valence-corrected chi connectivity index (χ4v) is 2.34. The minimum absolute atomic E-state index is 0.0866. The Morgan fingerprint density at radius 2 is 0.941 bits per heavy atom. The van der Waals surface area contributed by atoms with Crippen LogP contribution in [-0.2, 0) is 28.5 Å². The number of Topliss-reactive ketones (excluding diaryl/α,β-unsaturated/α-hetero) is 2. The molecule has 6 nitrogen and oxygen atoms in total. The largest absolute Gasteiger partial charge is 0.379 e. The Bertz CT molecular complexity index is 541. The molecule has 0 amide bonds. The summed E-state index contributed by atoms with van der Waals surface area (Å²) in [5, 5.41) is 0. The van der Waals surface area contributed by atoms with Crippen molar-refractivity contribution in [2.75, 3.05) is 39.6 Å². The molecule has 0 radical (unpaired) electrons. The van der Waals surface area contributed by atoms with Crippen molar-refractivity contribution in [1.82, 2.24) is 0 Å². The van der Waals surface area contributed by atoms with E-state index >= 15 is 0 Å². The molecule has 0 rings (SSSR count). The Morgan fingerprint density at radius 3 is 1.35 bits per heavy atom. The summed E-state index contributed by atoms with van der Waals surface area (Å²) >= 11 is 0. The van der Waals surface area contributed by atoms with Gasteiger partial charge in [0, 0.05) is 23.9 Å². The highest BCUT2D eigenvalue weighted by Crippen LogP contribution is 2.18. The number of ketones is 2. The molecule has 0 spiro atoms. The van der Waals surface area contributed by atoms with Crippen molar-refractivity contribution >= 4 is 11.6 Å². The van der Waals surface area contributed by atoms with E-state index in [1.807, 2.05) is 83.1 Å². The van der Waals surface area contributed by atoms with Crippen LogP contribution in [0.15, 0.2) is 0 Å². The summed E-state index contributed by atoms with van der Waals surface area (Å²) in [4.78, 5) is 23.1. The van der Waals surface area contributed by atoms with Gasteiger partial charge in [-0.15, -0.1) is 0 Å². The molecule has 0 fully saturated rings. The van der Waals surface area contributed by atoms with Crippen LogP contribution < -0.4 is 0 Å². The van der Waals surface area contributed by atoms with Gasteiger partial charge in [-0.1, -0.05) is 48.0 Å². The first-order valence-corrected chi connectivity index (χ1v) is 12.8. The lowest BCUT2D eigenvalue weighted by Crippen LogP contribution is -2.27. The number of rotatable bonds is 14. The molecule has 0 aromatic rings. The zero-order valence-corrected chi connectivity index (χ0v) is 24.5. The molecule has 0 unspecified atom stereocenters. The quantitative estimate of drug-likeness (QED) is 0.262. The predicted octanol–water partition coefficient (Wildman–Crippen LogP) is 6.43. The topological polar surface area (TPSA) is 71.1 Å². The van der Waals surface area contributed by atoms with E-state index in [0.29, 0.717) is 38.6 Å². The van der Waals surface area contributed by atoms with Gasteiger partial charge in [0.25, 0.3) is 0 Å². The van der Waals surface area contributed by atoms with Crippen molar-refractivity contribution in [3.8, 4) is 0 Å². The lowest BCUT2D eigenvalue weighted by molar-refractivity contribution is -0.132. The molecule has 0 aromatic carbocycles. The highest BCUT2D eigenvalue weighted by Gasteiger charge is 2.21. The van der Waals surface area contributed by atoms with E-state index in [9.17, 15) is 9.59 Å². The summed E-state index contributed by atoms with van der Waals surface area (Å²) in [5.74, 6) is 0.477. The van der Waals surface area contributed by atoms with Gasteiger partial charge < -0.3 is 18.9 Å². The molecular formula is C28H56O6. The highest BCUT2D eigenvalue weighted by molar-refractivity contribution is 5.84. The molecule has 0 saturated heterocycles. The second-order valence-corrected chi connectivity index (χ2v) is 12.7. The van der Waals surface area contributed by atoms with Gasteiger partial charge in [-0.25, -0.2) is 0 Å². The Balaban J connectivity index is 0. The third kappa shape index (κ3) is 25.8. The molecule has 204 valence electrons. The molecule has 0 atom stereocenters. The van der Waals surface area contributed by atoms with E-state index in [4.69, 9.17) is 18.9 Å². The van der Waals surface area contributed by atoms with Crippen LogP contribution in [0, 0.1) is 10.8 Å². The molecule has 0 bridgehead atoms. The Morgan fingerprint density at radius 1 is 0.500 bits per heavy atom. The summed E-state index contributed by atoms with van der Waals surface area (Å²) in [6.07, 6.45) is 3.74. The lowest BCUT2D eigenvalue weighted by Gasteiger charge is -2.20. The van der Waals surface area contributed by atoms with Crippen LogP contribution in [0.1, 0.15) is 109 Å². The van der Waals surface area contributed by atoms with Gasteiger partial charge >= 0.3 is 0 Å². The number of carbonyl (C=O) groups excluding carboxylic acids is 2. The zero-order chi connectivity index (χ0) is 27.1. The average molecular weight is 489 g/mol. The first-order chi connectivity index (χ1) is 15.3. The molecule has 0 saturated carbocycles. The molecular weight excluding hydrogens is 432 g/mol. The van der Waals surface area contributed by atoms with Crippen LogP contribution in [-0.4, -0.2) is 62.4 Å². The number of ether oxygens (including phenoxy) is 4. The van der Waals surface area contributed by atoms with Crippen molar-refractivity contribution in [1.29, 1.82) is 0 Å². The third-order valence-corrected chi connectivity index (χ3v) is 4.62. The predicted molar refractivity (Wildman–Crippen MR) is 140 cm³/mol. The standard InChI is InChI=1S/C16H32O3.C12H24O3/c1-15(2,3)14(17)10-8-7-9-11-18-12-13-19-16(4,5)6;1-11(2,3)10(13)9-14-7-8-15-12(4,5)6/h7-13H2,1-6H3;7-9H2,1-6H3. The monoisotopic (exact) mass is 488 g/mol. The number of hydrogen-bond donors (Lipinski definition) is 0. The molecule has 0 aromatic heterocycles. The number of carbonyl (C=O) groups is 2. The molecule has 0 heterocycles. The second-order valence-electron chi connectivity index (χ2n) is 12.7. The highest BCUT2D eigenvalue weighted by atomic mass is 16.5. The Kier molecular flexibility index (Phi) is 17.4. The fourth-order valence-electron chi connectivity index (χ4n) is 2.34.